The Labute approximate surface area is 137 Å². The number of rotatable bonds is 3. The van der Waals surface area contributed by atoms with Crippen LogP contribution in [-0.2, 0) is 14.1 Å². The number of carbonyl (C=O) groups is 1. The van der Waals surface area contributed by atoms with Gasteiger partial charge in [0.15, 0.2) is 5.82 Å². The number of fused-ring (bicyclic) bond motifs is 1. The molecular weight excluding hydrogens is 308 g/mol. The maximum absolute atomic E-state index is 12.6. The largest absolute Gasteiger partial charge is 0.468 e. The number of carbonyl (C=O) groups excluding carboxylic acids is 1. The Hall–Kier alpha value is -2.83. The van der Waals surface area contributed by atoms with Gasteiger partial charge >= 0.3 is 0 Å². The molecule has 4 rings (SSSR count). The third-order valence-electron chi connectivity index (χ3n) is 4.60. The van der Waals surface area contributed by atoms with Crippen molar-refractivity contribution in [2.75, 3.05) is 5.32 Å². The molecule has 1 saturated carbocycles. The van der Waals surface area contributed by atoms with E-state index in [2.05, 4.69) is 10.4 Å². The first kappa shape index (κ1) is 14.7. The van der Waals surface area contributed by atoms with Gasteiger partial charge in [0.25, 0.3) is 11.5 Å². The number of nitrogens with one attached hydrogen (secondary N) is 1. The van der Waals surface area contributed by atoms with Gasteiger partial charge in [-0.15, -0.1) is 0 Å². The molecule has 3 heterocycles. The minimum absolute atomic E-state index is 0.178. The van der Waals surface area contributed by atoms with Crippen LogP contribution < -0.4 is 10.9 Å². The van der Waals surface area contributed by atoms with Gasteiger partial charge in [-0.05, 0) is 31.9 Å². The van der Waals surface area contributed by atoms with E-state index in [0.29, 0.717) is 22.4 Å². The van der Waals surface area contributed by atoms with Crippen LogP contribution in [-0.4, -0.2) is 20.3 Å². The third-order valence-corrected chi connectivity index (χ3v) is 4.60. The van der Waals surface area contributed by atoms with E-state index < -0.39 is 0 Å². The number of hydrogen-bond donors (Lipinski definition) is 1. The second-order valence-corrected chi connectivity index (χ2v) is 6.31. The molecule has 0 saturated heterocycles. The first-order valence-corrected chi connectivity index (χ1v) is 7.89. The van der Waals surface area contributed by atoms with E-state index in [9.17, 15) is 9.59 Å². The number of furan rings is 1. The molecule has 1 aliphatic rings. The molecule has 0 unspecified atom stereocenters. The quantitative estimate of drug-likeness (QED) is 0.800. The van der Waals surface area contributed by atoms with E-state index in [-0.39, 0.29) is 17.3 Å². The normalized spacial score (nSPS) is 14.3. The number of aromatic nitrogens is 3. The zero-order chi connectivity index (χ0) is 17.0. The second-order valence-electron chi connectivity index (χ2n) is 6.31. The van der Waals surface area contributed by atoms with Crippen molar-refractivity contribution >= 4 is 22.6 Å². The van der Waals surface area contributed by atoms with Crippen molar-refractivity contribution in [3.8, 4) is 0 Å². The lowest BCUT2D eigenvalue weighted by Gasteiger charge is -2.05. The maximum Gasteiger partial charge on any atom is 0.263 e. The Morgan fingerprint density at radius 2 is 2.12 bits per heavy atom. The number of aryl methyl sites for hydroxylation is 2. The first-order valence-electron chi connectivity index (χ1n) is 7.89. The zero-order valence-corrected chi connectivity index (χ0v) is 13.8. The first-order chi connectivity index (χ1) is 11.5. The number of hydrogen-bond acceptors (Lipinski definition) is 4. The highest BCUT2D eigenvalue weighted by Gasteiger charge is 2.31. The van der Waals surface area contributed by atoms with E-state index >= 15 is 0 Å². The summed E-state index contributed by atoms with van der Waals surface area (Å²) in [7, 11) is 3.46. The van der Waals surface area contributed by atoms with Crippen LogP contribution in [0.5, 0.6) is 0 Å². The second kappa shape index (κ2) is 5.09. The molecule has 1 aliphatic carbocycles. The molecule has 1 amide bonds. The molecule has 0 atom stereocenters. The Balaban J connectivity index is 1.77. The fourth-order valence-corrected chi connectivity index (χ4v) is 2.97. The highest BCUT2D eigenvalue weighted by atomic mass is 16.3. The van der Waals surface area contributed by atoms with Crippen LogP contribution in [0, 0.1) is 6.92 Å². The van der Waals surface area contributed by atoms with Crippen molar-refractivity contribution in [2.24, 2.45) is 14.1 Å². The molecule has 124 valence electrons. The molecule has 1 N–H and O–H groups in total. The minimum atomic E-state index is -0.298. The summed E-state index contributed by atoms with van der Waals surface area (Å²) >= 11 is 0. The fourth-order valence-electron chi connectivity index (χ4n) is 2.97. The average molecular weight is 326 g/mol. The van der Waals surface area contributed by atoms with Gasteiger partial charge in [0, 0.05) is 25.7 Å². The molecule has 0 radical (unpaired) electrons. The summed E-state index contributed by atoms with van der Waals surface area (Å²) in [5.41, 5.74) is 1.86. The van der Waals surface area contributed by atoms with Crippen LogP contribution >= 0.6 is 0 Å². The van der Waals surface area contributed by atoms with Crippen LogP contribution in [0.15, 0.2) is 27.6 Å². The molecule has 3 aromatic heterocycles. The number of anilines is 1. The third kappa shape index (κ3) is 2.16. The highest BCUT2D eigenvalue weighted by Crippen LogP contribution is 2.42. The Morgan fingerprint density at radius 1 is 1.38 bits per heavy atom. The van der Waals surface area contributed by atoms with Gasteiger partial charge in [-0.3, -0.25) is 14.3 Å². The number of amides is 1. The molecular formula is C17H18N4O3. The predicted molar refractivity (Wildman–Crippen MR) is 89.3 cm³/mol. The summed E-state index contributed by atoms with van der Waals surface area (Å²) in [4.78, 5) is 25.2. The lowest BCUT2D eigenvalue weighted by Crippen LogP contribution is -2.20. The standard InChI is InChI=1S/C17H18N4O3/c1-9-8-12-13(17(23)20(9)2)15(19-21(12)3)18-16(22)11-6-7-24-14(11)10-4-5-10/h6-8,10H,4-5H2,1-3H3,(H,18,19,22). The lowest BCUT2D eigenvalue weighted by atomic mass is 10.1. The van der Waals surface area contributed by atoms with Gasteiger partial charge < -0.3 is 14.3 Å². The predicted octanol–water partition coefficient (Wildman–Crippen LogP) is 2.30. The Morgan fingerprint density at radius 3 is 2.83 bits per heavy atom. The molecule has 3 aromatic rings. The summed E-state index contributed by atoms with van der Waals surface area (Å²) in [5, 5.41) is 7.50. The fraction of sp³-hybridized carbons (Fsp3) is 0.353. The van der Waals surface area contributed by atoms with Crippen molar-refractivity contribution in [3.05, 3.63) is 45.8 Å². The summed E-state index contributed by atoms with van der Waals surface area (Å²) in [6.07, 6.45) is 3.61. The van der Waals surface area contributed by atoms with E-state index in [1.165, 1.54) is 6.26 Å². The van der Waals surface area contributed by atoms with Crippen molar-refractivity contribution in [1.29, 1.82) is 0 Å². The summed E-state index contributed by atoms with van der Waals surface area (Å²) < 4.78 is 8.60. The molecule has 24 heavy (non-hydrogen) atoms. The van der Waals surface area contributed by atoms with Gasteiger partial charge in [-0.2, -0.15) is 5.10 Å². The van der Waals surface area contributed by atoms with Crippen LogP contribution in [0.1, 0.15) is 40.6 Å². The molecule has 0 aromatic carbocycles. The minimum Gasteiger partial charge on any atom is -0.468 e. The number of nitrogens with zero attached hydrogens (tertiary/aromatic N) is 3. The monoisotopic (exact) mass is 326 g/mol. The van der Waals surface area contributed by atoms with Crippen LogP contribution in [0.2, 0.25) is 0 Å². The molecule has 7 nitrogen and oxygen atoms in total. The van der Waals surface area contributed by atoms with Crippen LogP contribution in [0.4, 0.5) is 5.82 Å². The molecule has 0 aliphatic heterocycles. The van der Waals surface area contributed by atoms with Crippen molar-refractivity contribution in [2.45, 2.75) is 25.7 Å². The summed E-state index contributed by atoms with van der Waals surface area (Å²) in [6.45, 7) is 1.86. The maximum atomic E-state index is 12.6. The smallest absolute Gasteiger partial charge is 0.263 e. The van der Waals surface area contributed by atoms with Crippen molar-refractivity contribution in [1.82, 2.24) is 14.3 Å². The van der Waals surface area contributed by atoms with Gasteiger partial charge in [-0.25, -0.2) is 0 Å². The summed E-state index contributed by atoms with van der Waals surface area (Å²) in [5.74, 6) is 1.03. The Bertz CT molecular complexity index is 1020. The van der Waals surface area contributed by atoms with Gasteiger partial charge in [0.2, 0.25) is 0 Å². The van der Waals surface area contributed by atoms with E-state index in [4.69, 9.17) is 4.42 Å². The Kier molecular flexibility index (Phi) is 3.13. The number of pyridine rings is 1. The molecule has 7 heteroatoms. The topological polar surface area (TPSA) is 82.1 Å². The van der Waals surface area contributed by atoms with Gasteiger partial charge in [0.05, 0.1) is 17.3 Å². The van der Waals surface area contributed by atoms with Gasteiger partial charge in [-0.1, -0.05) is 0 Å². The van der Waals surface area contributed by atoms with Gasteiger partial charge in [0.1, 0.15) is 11.1 Å². The zero-order valence-electron chi connectivity index (χ0n) is 13.8. The summed E-state index contributed by atoms with van der Waals surface area (Å²) in [6, 6.07) is 3.54. The SMILES string of the molecule is Cc1cc2c(c(NC(=O)c3ccoc3C3CC3)nn2C)c(=O)n1C. The van der Waals surface area contributed by atoms with Crippen LogP contribution in [0.3, 0.4) is 0 Å². The van der Waals surface area contributed by atoms with E-state index in [1.807, 2.05) is 13.0 Å². The highest BCUT2D eigenvalue weighted by molar-refractivity contribution is 6.08. The van der Waals surface area contributed by atoms with E-state index in [1.54, 1.807) is 29.4 Å². The lowest BCUT2D eigenvalue weighted by molar-refractivity contribution is 0.102. The van der Waals surface area contributed by atoms with E-state index in [0.717, 1.165) is 24.3 Å². The van der Waals surface area contributed by atoms with Crippen molar-refractivity contribution < 1.29 is 9.21 Å². The molecule has 0 bridgehead atoms. The van der Waals surface area contributed by atoms with Crippen molar-refractivity contribution in [3.63, 3.8) is 0 Å². The average Bonchev–Trinajstić information content (AvgIpc) is 3.19. The molecule has 1 fully saturated rings. The van der Waals surface area contributed by atoms with Crippen LogP contribution in [0.25, 0.3) is 10.9 Å². The molecule has 0 spiro atoms.